The molecule has 0 unspecified atom stereocenters. The zero-order valence-corrected chi connectivity index (χ0v) is 16.8. The van der Waals surface area contributed by atoms with Gasteiger partial charge in [0, 0.05) is 29.0 Å². The molecule has 0 saturated heterocycles. The Morgan fingerprint density at radius 2 is 1.28 bits per heavy atom. The molecule has 0 atom stereocenters. The number of rotatable bonds is 8. The van der Waals surface area contributed by atoms with Crippen LogP contribution in [0, 0.1) is 5.82 Å². The van der Waals surface area contributed by atoms with Crippen molar-refractivity contribution in [3.8, 4) is 11.5 Å². The summed E-state index contributed by atoms with van der Waals surface area (Å²) in [5, 5.41) is 1.70. The van der Waals surface area contributed by atoms with Crippen molar-refractivity contribution >= 4 is 33.5 Å². The lowest BCUT2D eigenvalue weighted by molar-refractivity contribution is -0.135. The van der Waals surface area contributed by atoms with Crippen LogP contribution in [0.4, 0.5) is 4.39 Å². The van der Waals surface area contributed by atoms with E-state index in [0.29, 0.717) is 28.3 Å². The van der Waals surface area contributed by atoms with Crippen LogP contribution in [-0.4, -0.2) is 11.9 Å². The summed E-state index contributed by atoms with van der Waals surface area (Å²) in [7, 11) is 0. The molecule has 0 bridgehead atoms. The molecule has 3 aromatic rings. The van der Waals surface area contributed by atoms with E-state index in [2.05, 4.69) is 0 Å². The van der Waals surface area contributed by atoms with Crippen LogP contribution in [0.3, 0.4) is 0 Å². The molecule has 0 heterocycles. The van der Waals surface area contributed by atoms with Gasteiger partial charge in [-0.25, -0.2) is 4.39 Å². The topological polar surface area (TPSA) is 52.6 Å². The number of hydrogen-bond donors (Lipinski definition) is 0. The third-order valence-electron chi connectivity index (χ3n) is 4.80. The highest BCUT2D eigenvalue weighted by Gasteiger charge is 2.22. The average molecular weight is 396 g/mol. The first-order valence-corrected chi connectivity index (χ1v) is 10.1. The maximum absolute atomic E-state index is 14.9. The summed E-state index contributed by atoms with van der Waals surface area (Å²) in [6, 6.07) is 11.7. The lowest BCUT2D eigenvalue weighted by Crippen LogP contribution is -2.11. The number of hydrogen-bond acceptors (Lipinski definition) is 4. The molecule has 3 aromatic carbocycles. The van der Waals surface area contributed by atoms with Gasteiger partial charge in [-0.1, -0.05) is 63.1 Å². The first-order chi connectivity index (χ1) is 14.1. The fourth-order valence-electron chi connectivity index (χ4n) is 3.29. The number of benzene rings is 3. The summed E-state index contributed by atoms with van der Waals surface area (Å²) in [6.45, 7) is 3.98. The summed E-state index contributed by atoms with van der Waals surface area (Å²) < 4.78 is 26.2. The molecule has 0 spiro atoms. The Hall–Kier alpha value is -2.95. The molecular formula is C24H25FO4. The van der Waals surface area contributed by atoms with E-state index >= 15 is 0 Å². The van der Waals surface area contributed by atoms with E-state index in [1.807, 2.05) is 13.8 Å². The van der Waals surface area contributed by atoms with E-state index in [0.717, 1.165) is 19.3 Å². The van der Waals surface area contributed by atoms with Crippen LogP contribution in [0.15, 0.2) is 42.5 Å². The minimum Gasteiger partial charge on any atom is -0.425 e. The van der Waals surface area contributed by atoms with Gasteiger partial charge in [0.05, 0.1) is 5.39 Å². The predicted octanol–water partition coefficient (Wildman–Crippen LogP) is 6.32. The van der Waals surface area contributed by atoms with E-state index in [-0.39, 0.29) is 29.9 Å². The number of carbonyl (C=O) groups is 2. The van der Waals surface area contributed by atoms with Crippen LogP contribution >= 0.6 is 0 Å². The number of halogens is 1. The highest BCUT2D eigenvalue weighted by molar-refractivity contribution is 6.12. The third kappa shape index (κ3) is 4.56. The summed E-state index contributed by atoms with van der Waals surface area (Å²) in [6.07, 6.45) is 3.69. The van der Waals surface area contributed by atoms with Crippen LogP contribution in [0.1, 0.15) is 52.4 Å². The number of esters is 2. The van der Waals surface area contributed by atoms with Crippen molar-refractivity contribution in [2.75, 3.05) is 0 Å². The Bertz CT molecular complexity index is 1040. The quantitative estimate of drug-likeness (QED) is 0.254. The molecule has 0 radical (unpaired) electrons. The molecule has 0 aromatic heterocycles. The number of carbonyl (C=O) groups excluding carboxylic acids is 2. The molecule has 0 aliphatic rings. The zero-order chi connectivity index (χ0) is 20.8. The standard InChI is InChI=1S/C24H25FO4/c1-3-5-14-20(26)28-23-16-10-7-8-11-17(16)24(29-21(27)15-6-4-2)22-18(23)12-9-13-19(22)25/h7-13H,3-6,14-15H2,1-2H3. The smallest absolute Gasteiger partial charge is 0.311 e. The molecule has 0 amide bonds. The van der Waals surface area contributed by atoms with E-state index in [4.69, 9.17) is 9.47 Å². The number of unbranched alkanes of at least 4 members (excludes halogenated alkanes) is 2. The van der Waals surface area contributed by atoms with E-state index in [1.165, 1.54) is 6.07 Å². The molecular weight excluding hydrogens is 371 g/mol. The molecule has 0 fully saturated rings. The van der Waals surface area contributed by atoms with Crippen LogP contribution in [0.2, 0.25) is 0 Å². The van der Waals surface area contributed by atoms with Crippen molar-refractivity contribution in [2.45, 2.75) is 52.4 Å². The Kier molecular flexibility index (Phi) is 6.81. The first-order valence-electron chi connectivity index (χ1n) is 10.1. The number of fused-ring (bicyclic) bond motifs is 2. The van der Waals surface area contributed by atoms with Crippen molar-refractivity contribution in [1.29, 1.82) is 0 Å². The summed E-state index contributed by atoms with van der Waals surface area (Å²) in [5.41, 5.74) is 0. The molecule has 0 aliphatic heterocycles. The molecule has 0 saturated carbocycles. The SMILES string of the molecule is CCCCC(=O)Oc1c2ccccc2c(OC(=O)CCCC)c2c(F)cccc12. The highest BCUT2D eigenvalue weighted by atomic mass is 19.1. The van der Waals surface area contributed by atoms with Gasteiger partial charge in [0.1, 0.15) is 17.3 Å². The molecule has 4 nitrogen and oxygen atoms in total. The van der Waals surface area contributed by atoms with Gasteiger partial charge in [-0.2, -0.15) is 0 Å². The fourth-order valence-corrected chi connectivity index (χ4v) is 3.29. The molecule has 152 valence electrons. The lowest BCUT2D eigenvalue weighted by atomic mass is 10.00. The maximum atomic E-state index is 14.9. The van der Waals surface area contributed by atoms with Gasteiger partial charge in [-0.05, 0) is 18.9 Å². The molecule has 5 heteroatoms. The molecule has 0 aliphatic carbocycles. The van der Waals surface area contributed by atoms with Crippen LogP contribution < -0.4 is 9.47 Å². The van der Waals surface area contributed by atoms with E-state index < -0.39 is 11.8 Å². The second-order valence-electron chi connectivity index (χ2n) is 7.02. The molecule has 3 rings (SSSR count). The largest absolute Gasteiger partial charge is 0.425 e. The van der Waals surface area contributed by atoms with Crippen molar-refractivity contribution in [3.05, 3.63) is 48.3 Å². The van der Waals surface area contributed by atoms with Crippen LogP contribution in [0.25, 0.3) is 21.5 Å². The second kappa shape index (κ2) is 9.50. The van der Waals surface area contributed by atoms with Gasteiger partial charge in [-0.15, -0.1) is 0 Å². The van der Waals surface area contributed by atoms with E-state index in [1.54, 1.807) is 36.4 Å². The minimum absolute atomic E-state index is 0.148. The Balaban J connectivity index is 2.19. The number of ether oxygens (including phenoxy) is 2. The lowest BCUT2D eigenvalue weighted by Gasteiger charge is -2.16. The van der Waals surface area contributed by atoms with Gasteiger partial charge in [0.25, 0.3) is 0 Å². The first kappa shape index (κ1) is 20.8. The van der Waals surface area contributed by atoms with E-state index in [9.17, 15) is 14.0 Å². The van der Waals surface area contributed by atoms with Gasteiger partial charge in [-0.3, -0.25) is 9.59 Å². The van der Waals surface area contributed by atoms with Crippen LogP contribution in [-0.2, 0) is 9.59 Å². The molecule has 0 N–H and O–H groups in total. The maximum Gasteiger partial charge on any atom is 0.311 e. The van der Waals surface area contributed by atoms with Gasteiger partial charge in [0.2, 0.25) is 0 Å². The van der Waals surface area contributed by atoms with Gasteiger partial charge >= 0.3 is 11.9 Å². The van der Waals surface area contributed by atoms with Crippen molar-refractivity contribution in [3.63, 3.8) is 0 Å². The summed E-state index contributed by atoms with van der Waals surface area (Å²) in [4.78, 5) is 24.6. The summed E-state index contributed by atoms with van der Waals surface area (Å²) >= 11 is 0. The monoisotopic (exact) mass is 396 g/mol. The van der Waals surface area contributed by atoms with Gasteiger partial charge in [0.15, 0.2) is 0 Å². The molecule has 29 heavy (non-hydrogen) atoms. The predicted molar refractivity (Wildman–Crippen MR) is 112 cm³/mol. The fraction of sp³-hybridized carbons (Fsp3) is 0.333. The highest BCUT2D eigenvalue weighted by Crippen LogP contribution is 2.44. The summed E-state index contributed by atoms with van der Waals surface area (Å²) in [5.74, 6) is -0.838. The Morgan fingerprint density at radius 1 is 0.759 bits per heavy atom. The zero-order valence-electron chi connectivity index (χ0n) is 16.8. The van der Waals surface area contributed by atoms with Gasteiger partial charge < -0.3 is 9.47 Å². The van der Waals surface area contributed by atoms with Crippen molar-refractivity contribution in [2.24, 2.45) is 0 Å². The van der Waals surface area contributed by atoms with Crippen molar-refractivity contribution < 1.29 is 23.5 Å². The second-order valence-corrected chi connectivity index (χ2v) is 7.02. The average Bonchev–Trinajstić information content (AvgIpc) is 2.73. The normalized spacial score (nSPS) is 11.0. The third-order valence-corrected chi connectivity index (χ3v) is 4.80. The van der Waals surface area contributed by atoms with Crippen LogP contribution in [0.5, 0.6) is 11.5 Å². The van der Waals surface area contributed by atoms with Crippen molar-refractivity contribution in [1.82, 2.24) is 0 Å². The Labute approximate surface area is 169 Å². The minimum atomic E-state index is -0.530. The Morgan fingerprint density at radius 3 is 1.86 bits per heavy atom.